The summed E-state index contributed by atoms with van der Waals surface area (Å²) in [5, 5.41) is 14.8. The Morgan fingerprint density at radius 1 is 1.07 bits per heavy atom. The number of piperidine rings is 1. The molecule has 2 rings (SSSR count). The number of benzene rings is 1. The van der Waals surface area contributed by atoms with Gasteiger partial charge in [0, 0.05) is 0 Å². The fourth-order valence-corrected chi connectivity index (χ4v) is 2.86. The van der Waals surface area contributed by atoms with E-state index in [2.05, 4.69) is 49.9 Å². The first kappa shape index (κ1) is 23.0. The lowest BCUT2D eigenvalue weighted by Gasteiger charge is -2.30. The monoisotopic (exact) mass is 379 g/mol. The molecule has 2 N–H and O–H groups in total. The number of ether oxygens (including phenoxy) is 1. The van der Waals surface area contributed by atoms with Crippen molar-refractivity contribution in [2.24, 2.45) is 5.92 Å². The molecule has 1 aliphatic rings. The van der Waals surface area contributed by atoms with Gasteiger partial charge in [-0.1, -0.05) is 32.9 Å². The zero-order valence-corrected chi connectivity index (χ0v) is 16.7. The van der Waals surface area contributed by atoms with E-state index >= 15 is 0 Å². The van der Waals surface area contributed by atoms with Gasteiger partial charge in [0.25, 0.3) is 0 Å². The summed E-state index contributed by atoms with van der Waals surface area (Å²) in [5.41, 5.74) is 1.38. The van der Waals surface area contributed by atoms with E-state index in [0.717, 1.165) is 24.7 Å². The maximum Gasteiger partial charge on any atom is 0.414 e. The normalized spacial score (nSPS) is 15.1. The van der Waals surface area contributed by atoms with Crippen LogP contribution in [-0.2, 0) is 9.59 Å². The van der Waals surface area contributed by atoms with Crippen molar-refractivity contribution in [2.45, 2.75) is 52.4 Å². The van der Waals surface area contributed by atoms with Crippen molar-refractivity contribution in [3.05, 3.63) is 29.8 Å². The number of carboxylic acid groups (broad SMARTS) is 2. The zero-order chi connectivity index (χ0) is 20.2. The number of unbranched alkanes of at least 4 members (excludes halogenated alkanes) is 1. The fourth-order valence-electron chi connectivity index (χ4n) is 2.86. The molecule has 0 aliphatic carbocycles. The third-order valence-corrected chi connectivity index (χ3v) is 4.74. The Balaban J connectivity index is 0.000000527. The minimum Gasteiger partial charge on any atom is -0.494 e. The van der Waals surface area contributed by atoms with E-state index in [-0.39, 0.29) is 0 Å². The Bertz CT molecular complexity index is 550. The van der Waals surface area contributed by atoms with Gasteiger partial charge in [-0.3, -0.25) is 0 Å². The molecule has 0 saturated carbocycles. The molecule has 27 heavy (non-hydrogen) atoms. The molecule has 1 saturated heterocycles. The first-order chi connectivity index (χ1) is 12.8. The average Bonchev–Trinajstić information content (AvgIpc) is 2.64. The Morgan fingerprint density at radius 3 is 2.11 bits per heavy atom. The van der Waals surface area contributed by atoms with Gasteiger partial charge in [0.1, 0.15) is 5.75 Å². The number of carbonyl (C=O) groups is 2. The molecule has 6 nitrogen and oxygen atoms in total. The highest BCUT2D eigenvalue weighted by molar-refractivity contribution is 6.27. The molecular formula is C21H33NO5. The van der Waals surface area contributed by atoms with Gasteiger partial charge in [0.15, 0.2) is 0 Å². The van der Waals surface area contributed by atoms with E-state index < -0.39 is 11.9 Å². The Labute approximate surface area is 162 Å². The van der Waals surface area contributed by atoms with Crippen molar-refractivity contribution in [1.29, 1.82) is 0 Å². The van der Waals surface area contributed by atoms with Gasteiger partial charge in [-0.15, -0.1) is 0 Å². The Morgan fingerprint density at radius 2 is 1.63 bits per heavy atom. The lowest BCUT2D eigenvalue weighted by atomic mass is 9.99. The minimum atomic E-state index is -1.82. The molecule has 152 valence electrons. The summed E-state index contributed by atoms with van der Waals surface area (Å²) >= 11 is 0. The van der Waals surface area contributed by atoms with E-state index in [9.17, 15) is 0 Å². The summed E-state index contributed by atoms with van der Waals surface area (Å²) in [6.07, 6.45) is 5.15. The van der Waals surface area contributed by atoms with Crippen LogP contribution in [0.1, 0.15) is 57.9 Å². The lowest BCUT2D eigenvalue weighted by Crippen LogP contribution is -2.33. The van der Waals surface area contributed by atoms with Gasteiger partial charge < -0.3 is 19.8 Å². The van der Waals surface area contributed by atoms with Gasteiger partial charge in [-0.25, -0.2) is 9.59 Å². The largest absolute Gasteiger partial charge is 0.494 e. The molecule has 0 amide bonds. The number of aliphatic carboxylic acids is 2. The second-order valence-electron chi connectivity index (χ2n) is 7.41. The molecule has 0 bridgehead atoms. The molecular weight excluding hydrogens is 346 g/mol. The number of rotatable bonds is 7. The van der Waals surface area contributed by atoms with E-state index in [4.69, 9.17) is 24.5 Å². The highest BCUT2D eigenvalue weighted by atomic mass is 16.5. The van der Waals surface area contributed by atoms with E-state index in [0.29, 0.717) is 5.92 Å². The standard InChI is InChI=1S/C19H31NO.C2H2O4/c1-16(2)18-6-8-19(9-7-18)21-15-5-4-12-20-13-10-17(3)11-14-20;3-1(4)2(5)6/h6-9,16-17H,4-5,10-15H2,1-3H3;(H,3,4)(H,5,6). The second-order valence-corrected chi connectivity index (χ2v) is 7.41. The van der Waals surface area contributed by atoms with Crippen molar-refractivity contribution < 1.29 is 24.5 Å². The van der Waals surface area contributed by atoms with Crippen LogP contribution in [0.3, 0.4) is 0 Å². The number of hydrogen-bond donors (Lipinski definition) is 2. The Hall–Kier alpha value is -2.08. The number of carboxylic acids is 2. The van der Waals surface area contributed by atoms with E-state index in [1.165, 1.54) is 44.5 Å². The predicted molar refractivity (Wildman–Crippen MR) is 105 cm³/mol. The van der Waals surface area contributed by atoms with Crippen molar-refractivity contribution in [1.82, 2.24) is 4.90 Å². The van der Waals surface area contributed by atoms with Gasteiger partial charge in [-0.2, -0.15) is 0 Å². The first-order valence-electron chi connectivity index (χ1n) is 9.71. The van der Waals surface area contributed by atoms with Gasteiger partial charge in [0.05, 0.1) is 6.61 Å². The second kappa shape index (κ2) is 12.3. The maximum absolute atomic E-state index is 9.10. The average molecular weight is 379 g/mol. The molecule has 1 aliphatic heterocycles. The first-order valence-corrected chi connectivity index (χ1v) is 9.71. The molecule has 0 unspecified atom stereocenters. The fraction of sp³-hybridized carbons (Fsp3) is 0.619. The summed E-state index contributed by atoms with van der Waals surface area (Å²) in [4.78, 5) is 20.8. The molecule has 1 aromatic rings. The smallest absolute Gasteiger partial charge is 0.414 e. The predicted octanol–water partition coefficient (Wildman–Crippen LogP) is 3.86. The minimum absolute atomic E-state index is 0.589. The highest BCUT2D eigenvalue weighted by Gasteiger charge is 2.14. The third-order valence-electron chi connectivity index (χ3n) is 4.74. The SMILES string of the molecule is CC1CCN(CCCCOc2ccc(C(C)C)cc2)CC1.O=C(O)C(=O)O. The van der Waals surface area contributed by atoms with Crippen LogP contribution in [0.4, 0.5) is 0 Å². The van der Waals surface area contributed by atoms with Crippen LogP contribution >= 0.6 is 0 Å². The zero-order valence-electron chi connectivity index (χ0n) is 16.7. The van der Waals surface area contributed by atoms with Gasteiger partial charge in [-0.05, 0) is 74.8 Å². The molecule has 0 radical (unpaired) electrons. The Kier molecular flexibility index (Phi) is 10.5. The number of nitrogens with zero attached hydrogens (tertiary/aromatic N) is 1. The molecule has 6 heteroatoms. The molecule has 0 aromatic heterocycles. The summed E-state index contributed by atoms with van der Waals surface area (Å²) in [5.74, 6) is -1.12. The summed E-state index contributed by atoms with van der Waals surface area (Å²) < 4.78 is 5.83. The molecule has 0 atom stereocenters. The highest BCUT2D eigenvalue weighted by Crippen LogP contribution is 2.19. The van der Waals surface area contributed by atoms with Crippen LogP contribution in [0.5, 0.6) is 5.75 Å². The molecule has 1 fully saturated rings. The van der Waals surface area contributed by atoms with E-state index in [1.54, 1.807) is 0 Å². The summed E-state index contributed by atoms with van der Waals surface area (Å²) in [6.45, 7) is 11.5. The van der Waals surface area contributed by atoms with Crippen LogP contribution in [0.2, 0.25) is 0 Å². The van der Waals surface area contributed by atoms with Crippen LogP contribution in [0.15, 0.2) is 24.3 Å². The van der Waals surface area contributed by atoms with Crippen molar-refractivity contribution in [2.75, 3.05) is 26.2 Å². The molecule has 1 heterocycles. The quantitative estimate of drug-likeness (QED) is 0.553. The molecule has 0 spiro atoms. The van der Waals surface area contributed by atoms with Crippen molar-refractivity contribution >= 4 is 11.9 Å². The topological polar surface area (TPSA) is 87.1 Å². The maximum atomic E-state index is 9.10. The lowest BCUT2D eigenvalue weighted by molar-refractivity contribution is -0.159. The van der Waals surface area contributed by atoms with Gasteiger partial charge >= 0.3 is 11.9 Å². The van der Waals surface area contributed by atoms with Crippen LogP contribution in [-0.4, -0.2) is 53.3 Å². The number of hydrogen-bond acceptors (Lipinski definition) is 4. The van der Waals surface area contributed by atoms with E-state index in [1.807, 2.05) is 0 Å². The van der Waals surface area contributed by atoms with Gasteiger partial charge in [0.2, 0.25) is 0 Å². The van der Waals surface area contributed by atoms with Crippen LogP contribution < -0.4 is 4.74 Å². The van der Waals surface area contributed by atoms with Crippen molar-refractivity contribution in [3.8, 4) is 5.75 Å². The number of likely N-dealkylation sites (tertiary alicyclic amines) is 1. The van der Waals surface area contributed by atoms with Crippen LogP contribution in [0.25, 0.3) is 0 Å². The summed E-state index contributed by atoms with van der Waals surface area (Å²) in [7, 11) is 0. The third kappa shape index (κ3) is 9.99. The van der Waals surface area contributed by atoms with Crippen LogP contribution in [0, 0.1) is 5.92 Å². The van der Waals surface area contributed by atoms with Crippen molar-refractivity contribution in [3.63, 3.8) is 0 Å². The molecule has 1 aromatic carbocycles. The summed E-state index contributed by atoms with van der Waals surface area (Å²) in [6, 6.07) is 8.55.